The average molecular weight is 282 g/mol. The van der Waals surface area contributed by atoms with Crippen LogP contribution in [-0.2, 0) is 0 Å². The molecule has 110 valence electrons. The summed E-state index contributed by atoms with van der Waals surface area (Å²) in [6.07, 6.45) is 10.7. The van der Waals surface area contributed by atoms with Gasteiger partial charge >= 0.3 is 0 Å². The van der Waals surface area contributed by atoms with Crippen molar-refractivity contribution in [2.75, 3.05) is 0 Å². The molecule has 0 bridgehead atoms. The quantitative estimate of drug-likeness (QED) is 0.930. The van der Waals surface area contributed by atoms with Crippen molar-refractivity contribution in [1.82, 2.24) is 9.55 Å². The first-order valence-corrected chi connectivity index (χ1v) is 8.14. The second-order valence-corrected chi connectivity index (χ2v) is 6.49. The summed E-state index contributed by atoms with van der Waals surface area (Å²) >= 11 is 0. The molecule has 1 saturated carbocycles. The highest BCUT2D eigenvalue weighted by atomic mass is 16.3. The van der Waals surface area contributed by atoms with Crippen LogP contribution in [0.15, 0.2) is 36.8 Å². The molecule has 1 aromatic heterocycles. The summed E-state index contributed by atoms with van der Waals surface area (Å²) in [4.78, 5) is 4.29. The maximum atomic E-state index is 10.7. The van der Waals surface area contributed by atoms with Gasteiger partial charge in [0.2, 0.25) is 0 Å². The number of hydrogen-bond acceptors (Lipinski definition) is 2. The van der Waals surface area contributed by atoms with Crippen LogP contribution < -0.4 is 0 Å². The molecule has 1 N–H and O–H groups in total. The highest BCUT2D eigenvalue weighted by molar-refractivity contribution is 5.68. The van der Waals surface area contributed by atoms with E-state index in [0.29, 0.717) is 5.92 Å². The Labute approximate surface area is 125 Å². The van der Waals surface area contributed by atoms with E-state index in [2.05, 4.69) is 33.8 Å². The zero-order chi connectivity index (χ0) is 14.2. The fourth-order valence-corrected chi connectivity index (χ4v) is 4.11. The van der Waals surface area contributed by atoms with Gasteiger partial charge in [-0.1, -0.05) is 43.5 Å². The SMILES string of the molecule is OC(C[C@@H]1c2ccccc2-c2cncn21)C1CCCCC1. The van der Waals surface area contributed by atoms with Crippen molar-refractivity contribution in [3.8, 4) is 11.3 Å². The van der Waals surface area contributed by atoms with Crippen LogP contribution in [0.3, 0.4) is 0 Å². The minimum Gasteiger partial charge on any atom is -0.393 e. The Morgan fingerprint density at radius 2 is 2.00 bits per heavy atom. The van der Waals surface area contributed by atoms with Gasteiger partial charge in [0.25, 0.3) is 0 Å². The van der Waals surface area contributed by atoms with Gasteiger partial charge in [0.15, 0.2) is 0 Å². The van der Waals surface area contributed by atoms with Gasteiger partial charge in [-0.05, 0) is 30.7 Å². The summed E-state index contributed by atoms with van der Waals surface area (Å²) in [7, 11) is 0. The molecule has 3 heteroatoms. The summed E-state index contributed by atoms with van der Waals surface area (Å²) < 4.78 is 2.23. The predicted octanol–water partition coefficient (Wildman–Crippen LogP) is 3.78. The highest BCUT2D eigenvalue weighted by Gasteiger charge is 2.32. The first-order chi connectivity index (χ1) is 10.3. The second kappa shape index (κ2) is 5.30. The molecule has 1 aromatic carbocycles. The molecule has 2 atom stereocenters. The Balaban J connectivity index is 1.60. The largest absolute Gasteiger partial charge is 0.393 e. The topological polar surface area (TPSA) is 38.1 Å². The average Bonchev–Trinajstić information content (AvgIpc) is 3.11. The van der Waals surface area contributed by atoms with Gasteiger partial charge < -0.3 is 9.67 Å². The van der Waals surface area contributed by atoms with Crippen molar-refractivity contribution < 1.29 is 5.11 Å². The molecular weight excluding hydrogens is 260 g/mol. The zero-order valence-electron chi connectivity index (χ0n) is 12.3. The Hall–Kier alpha value is -1.61. The Morgan fingerprint density at radius 3 is 2.86 bits per heavy atom. The smallest absolute Gasteiger partial charge is 0.0956 e. The number of rotatable bonds is 3. The number of hydrogen-bond donors (Lipinski definition) is 1. The fraction of sp³-hybridized carbons (Fsp3) is 0.500. The summed E-state index contributed by atoms with van der Waals surface area (Å²) in [6, 6.07) is 8.78. The van der Waals surface area contributed by atoms with E-state index < -0.39 is 0 Å². The third kappa shape index (κ3) is 2.20. The van der Waals surface area contributed by atoms with Crippen molar-refractivity contribution in [3.63, 3.8) is 0 Å². The van der Waals surface area contributed by atoms with E-state index in [0.717, 1.165) is 6.42 Å². The summed E-state index contributed by atoms with van der Waals surface area (Å²) in [5, 5.41) is 10.7. The van der Waals surface area contributed by atoms with Crippen LogP contribution >= 0.6 is 0 Å². The predicted molar refractivity (Wildman–Crippen MR) is 83.0 cm³/mol. The number of aromatic nitrogens is 2. The lowest BCUT2D eigenvalue weighted by atomic mass is 9.82. The molecule has 2 aliphatic rings. The van der Waals surface area contributed by atoms with E-state index >= 15 is 0 Å². The third-order valence-corrected chi connectivity index (χ3v) is 5.26. The molecule has 1 aliphatic carbocycles. The number of benzene rings is 1. The van der Waals surface area contributed by atoms with Gasteiger partial charge in [-0.15, -0.1) is 0 Å². The molecule has 21 heavy (non-hydrogen) atoms. The number of nitrogens with zero attached hydrogens (tertiary/aromatic N) is 2. The summed E-state index contributed by atoms with van der Waals surface area (Å²) in [5.41, 5.74) is 3.80. The number of aliphatic hydroxyl groups excluding tert-OH is 1. The van der Waals surface area contributed by atoms with Crippen LogP contribution in [0.5, 0.6) is 0 Å². The van der Waals surface area contributed by atoms with Gasteiger partial charge in [0.05, 0.1) is 30.4 Å². The van der Waals surface area contributed by atoms with E-state index in [1.165, 1.54) is 48.9 Å². The number of imidazole rings is 1. The van der Waals surface area contributed by atoms with Crippen LogP contribution in [-0.4, -0.2) is 20.8 Å². The van der Waals surface area contributed by atoms with Crippen LogP contribution in [0, 0.1) is 5.92 Å². The monoisotopic (exact) mass is 282 g/mol. The highest BCUT2D eigenvalue weighted by Crippen LogP contribution is 2.42. The van der Waals surface area contributed by atoms with Crippen LogP contribution in [0.4, 0.5) is 0 Å². The lowest BCUT2D eigenvalue weighted by molar-refractivity contribution is 0.0686. The number of aliphatic hydroxyl groups is 1. The van der Waals surface area contributed by atoms with Crippen molar-refractivity contribution in [1.29, 1.82) is 0 Å². The van der Waals surface area contributed by atoms with Gasteiger partial charge in [0, 0.05) is 5.56 Å². The molecule has 1 aliphatic heterocycles. The summed E-state index contributed by atoms with van der Waals surface area (Å²) in [6.45, 7) is 0. The van der Waals surface area contributed by atoms with Crippen LogP contribution in [0.2, 0.25) is 0 Å². The minimum absolute atomic E-state index is 0.197. The van der Waals surface area contributed by atoms with Gasteiger partial charge in [-0.25, -0.2) is 4.98 Å². The Morgan fingerprint density at radius 1 is 1.19 bits per heavy atom. The van der Waals surface area contributed by atoms with Gasteiger partial charge in [0.1, 0.15) is 0 Å². The molecule has 0 radical (unpaired) electrons. The van der Waals surface area contributed by atoms with Crippen LogP contribution in [0.1, 0.15) is 50.1 Å². The Bertz CT molecular complexity index is 628. The maximum absolute atomic E-state index is 10.7. The molecule has 1 fully saturated rings. The second-order valence-electron chi connectivity index (χ2n) is 6.49. The summed E-state index contributed by atoms with van der Waals surface area (Å²) in [5.74, 6) is 0.485. The van der Waals surface area contributed by atoms with Crippen molar-refractivity contribution >= 4 is 0 Å². The zero-order valence-corrected chi connectivity index (χ0v) is 12.3. The van der Waals surface area contributed by atoms with Crippen molar-refractivity contribution in [3.05, 3.63) is 42.4 Å². The molecule has 0 spiro atoms. The Kier molecular flexibility index (Phi) is 3.30. The van der Waals surface area contributed by atoms with Crippen molar-refractivity contribution in [2.24, 2.45) is 5.92 Å². The lowest BCUT2D eigenvalue weighted by Gasteiger charge is -2.29. The molecule has 2 heterocycles. The fourth-order valence-electron chi connectivity index (χ4n) is 4.11. The molecule has 1 unspecified atom stereocenters. The van der Waals surface area contributed by atoms with Gasteiger partial charge in [-0.2, -0.15) is 0 Å². The van der Waals surface area contributed by atoms with Gasteiger partial charge in [-0.3, -0.25) is 0 Å². The molecule has 0 amide bonds. The number of fused-ring (bicyclic) bond motifs is 3. The van der Waals surface area contributed by atoms with E-state index in [-0.39, 0.29) is 12.1 Å². The van der Waals surface area contributed by atoms with E-state index in [9.17, 15) is 5.11 Å². The molecular formula is C18H22N2O. The van der Waals surface area contributed by atoms with E-state index in [1.807, 2.05) is 12.5 Å². The lowest BCUT2D eigenvalue weighted by Crippen LogP contribution is -2.26. The standard InChI is InChI=1S/C18H22N2O/c21-18(13-6-2-1-3-7-13)10-16-14-8-4-5-9-15(14)17-11-19-12-20(16)17/h4-5,8-9,11-13,16,18,21H,1-3,6-7,10H2/t16-,18?/m1/s1. The molecule has 4 rings (SSSR count). The van der Waals surface area contributed by atoms with Crippen LogP contribution in [0.25, 0.3) is 11.3 Å². The first-order valence-electron chi connectivity index (χ1n) is 8.14. The normalized spacial score (nSPS) is 22.8. The molecule has 3 nitrogen and oxygen atoms in total. The molecule has 2 aromatic rings. The van der Waals surface area contributed by atoms with E-state index in [4.69, 9.17) is 0 Å². The minimum atomic E-state index is -0.197. The molecule has 0 saturated heterocycles. The third-order valence-electron chi connectivity index (χ3n) is 5.26. The van der Waals surface area contributed by atoms with E-state index in [1.54, 1.807) is 0 Å². The first kappa shape index (κ1) is 13.1. The van der Waals surface area contributed by atoms with Crippen molar-refractivity contribution in [2.45, 2.75) is 50.7 Å². The maximum Gasteiger partial charge on any atom is 0.0956 e.